The Balaban J connectivity index is 1.69. The zero-order chi connectivity index (χ0) is 18.6. The molecule has 3 aromatic rings. The summed E-state index contributed by atoms with van der Waals surface area (Å²) in [5.74, 6) is 0.143. The van der Waals surface area contributed by atoms with Gasteiger partial charge >= 0.3 is 0 Å². The summed E-state index contributed by atoms with van der Waals surface area (Å²) in [6, 6.07) is 10.2. The molecule has 0 unspecified atom stereocenters. The van der Waals surface area contributed by atoms with E-state index in [-0.39, 0.29) is 5.89 Å². The third-order valence-electron chi connectivity index (χ3n) is 3.94. The van der Waals surface area contributed by atoms with Crippen molar-refractivity contribution in [2.75, 3.05) is 6.54 Å². The van der Waals surface area contributed by atoms with E-state index in [1.165, 1.54) is 18.3 Å². The highest BCUT2D eigenvalue weighted by Gasteiger charge is 2.15. The number of hydrogen-bond donors (Lipinski definition) is 0. The topological polar surface area (TPSA) is 88.0 Å². The summed E-state index contributed by atoms with van der Waals surface area (Å²) in [4.78, 5) is 12.6. The second kappa shape index (κ2) is 7.14. The lowest BCUT2D eigenvalue weighted by molar-refractivity contribution is 0.428. The molecule has 4 rings (SSSR count). The van der Waals surface area contributed by atoms with Gasteiger partial charge in [-0.3, -0.25) is 9.98 Å². The molecule has 7 heteroatoms. The third-order valence-corrected chi connectivity index (χ3v) is 3.94. The first-order valence-corrected chi connectivity index (χ1v) is 8.09. The van der Waals surface area contributed by atoms with Crippen LogP contribution in [-0.4, -0.2) is 27.9 Å². The van der Waals surface area contributed by atoms with Crippen molar-refractivity contribution in [3.05, 3.63) is 72.1 Å². The number of nitrogens with zero attached hydrogens (tertiary/aromatic N) is 5. The number of nitriles is 1. The molecule has 0 N–H and O–H groups in total. The molecular formula is C20H12FN5O. The summed E-state index contributed by atoms with van der Waals surface area (Å²) in [6.07, 6.45) is 8.18. The first-order chi connectivity index (χ1) is 13.2. The van der Waals surface area contributed by atoms with Gasteiger partial charge in [0.2, 0.25) is 5.82 Å². The van der Waals surface area contributed by atoms with Gasteiger partial charge in [-0.25, -0.2) is 4.39 Å². The van der Waals surface area contributed by atoms with Crippen LogP contribution in [0.2, 0.25) is 0 Å². The second-order valence-corrected chi connectivity index (χ2v) is 5.79. The fraction of sp³-hybridized carbons (Fsp3) is 0.0500. The highest BCUT2D eigenvalue weighted by atomic mass is 19.1. The Morgan fingerprint density at radius 3 is 2.81 bits per heavy atom. The van der Waals surface area contributed by atoms with Crippen LogP contribution in [0.15, 0.2) is 70.0 Å². The van der Waals surface area contributed by atoms with E-state index < -0.39 is 5.82 Å². The smallest absolute Gasteiger partial charge is 0.258 e. The summed E-state index contributed by atoms with van der Waals surface area (Å²) >= 11 is 0. The molecule has 0 radical (unpaired) electrons. The van der Waals surface area contributed by atoms with E-state index in [9.17, 15) is 4.39 Å². The lowest BCUT2D eigenvalue weighted by atomic mass is 10.0. The summed E-state index contributed by atoms with van der Waals surface area (Å²) in [5.41, 5.74) is 3.07. The van der Waals surface area contributed by atoms with Gasteiger partial charge in [-0.1, -0.05) is 17.3 Å². The SMILES string of the molecule is N#CC1=CC=C(c2noc(-c3cc(F)cc(-c4cccnc4)c3)n2)CN=C1. The van der Waals surface area contributed by atoms with Gasteiger partial charge in [0.1, 0.15) is 11.9 Å². The maximum Gasteiger partial charge on any atom is 0.258 e. The van der Waals surface area contributed by atoms with Gasteiger partial charge in [0, 0.05) is 35.3 Å². The van der Waals surface area contributed by atoms with Crippen LogP contribution in [0.25, 0.3) is 28.2 Å². The molecule has 1 aromatic carbocycles. The number of halogens is 1. The minimum Gasteiger partial charge on any atom is -0.334 e. The van der Waals surface area contributed by atoms with Gasteiger partial charge in [0.05, 0.1) is 12.1 Å². The molecule has 0 saturated heterocycles. The molecule has 0 amide bonds. The Bertz CT molecular complexity index is 1120. The molecule has 0 bridgehead atoms. The monoisotopic (exact) mass is 357 g/mol. The molecule has 3 heterocycles. The minimum absolute atomic E-state index is 0.202. The van der Waals surface area contributed by atoms with Crippen LogP contribution in [0.1, 0.15) is 5.82 Å². The van der Waals surface area contributed by atoms with Crippen molar-refractivity contribution in [2.24, 2.45) is 4.99 Å². The summed E-state index contributed by atoms with van der Waals surface area (Å²) in [7, 11) is 0. The van der Waals surface area contributed by atoms with Crippen LogP contribution in [0.4, 0.5) is 4.39 Å². The lowest BCUT2D eigenvalue weighted by Crippen LogP contribution is -1.91. The molecule has 0 atom stereocenters. The lowest BCUT2D eigenvalue weighted by Gasteiger charge is -2.03. The fourth-order valence-electron chi connectivity index (χ4n) is 2.62. The number of allylic oxidation sites excluding steroid dienone is 3. The van der Waals surface area contributed by atoms with Gasteiger partial charge < -0.3 is 4.52 Å². The third kappa shape index (κ3) is 3.55. The number of hydrogen-bond acceptors (Lipinski definition) is 6. The summed E-state index contributed by atoms with van der Waals surface area (Å²) in [6.45, 7) is 0.324. The van der Waals surface area contributed by atoms with E-state index in [0.717, 1.165) is 5.56 Å². The van der Waals surface area contributed by atoms with Crippen molar-refractivity contribution < 1.29 is 8.91 Å². The first kappa shape index (κ1) is 16.5. The first-order valence-electron chi connectivity index (χ1n) is 8.09. The summed E-state index contributed by atoms with van der Waals surface area (Å²) in [5, 5.41) is 12.9. The maximum atomic E-state index is 14.1. The van der Waals surface area contributed by atoms with Gasteiger partial charge in [-0.2, -0.15) is 10.2 Å². The van der Waals surface area contributed by atoms with E-state index in [4.69, 9.17) is 9.78 Å². The quantitative estimate of drug-likeness (QED) is 0.710. The van der Waals surface area contributed by atoms with Crippen molar-refractivity contribution >= 4 is 11.8 Å². The van der Waals surface area contributed by atoms with E-state index >= 15 is 0 Å². The van der Waals surface area contributed by atoms with Crippen LogP contribution in [0.5, 0.6) is 0 Å². The van der Waals surface area contributed by atoms with Crippen molar-refractivity contribution in [3.63, 3.8) is 0 Å². The highest BCUT2D eigenvalue weighted by Crippen LogP contribution is 2.27. The van der Waals surface area contributed by atoms with Gasteiger partial charge in [-0.05, 0) is 35.9 Å². The zero-order valence-electron chi connectivity index (χ0n) is 14.0. The normalized spacial score (nSPS) is 13.5. The zero-order valence-corrected chi connectivity index (χ0v) is 14.0. The molecule has 0 fully saturated rings. The van der Waals surface area contributed by atoms with Crippen molar-refractivity contribution in [1.82, 2.24) is 15.1 Å². The van der Waals surface area contributed by atoms with E-state index in [1.54, 1.807) is 36.7 Å². The van der Waals surface area contributed by atoms with Gasteiger partial charge in [-0.15, -0.1) is 0 Å². The maximum absolute atomic E-state index is 14.1. The molecular weight excluding hydrogens is 345 g/mol. The number of aliphatic imine (C=N–C) groups is 1. The number of rotatable bonds is 3. The van der Waals surface area contributed by atoms with E-state index in [2.05, 4.69) is 20.1 Å². The Morgan fingerprint density at radius 2 is 2.00 bits per heavy atom. The Labute approximate surface area is 154 Å². The second-order valence-electron chi connectivity index (χ2n) is 5.79. The minimum atomic E-state index is -0.411. The molecule has 2 aromatic heterocycles. The number of pyridine rings is 1. The largest absolute Gasteiger partial charge is 0.334 e. The van der Waals surface area contributed by atoms with Crippen LogP contribution in [0, 0.1) is 17.1 Å². The molecule has 1 aliphatic rings. The molecule has 6 nitrogen and oxygen atoms in total. The van der Waals surface area contributed by atoms with E-state index in [1.807, 2.05) is 12.1 Å². The Hall–Kier alpha value is -3.92. The molecule has 0 saturated carbocycles. The summed E-state index contributed by atoms with van der Waals surface area (Å²) < 4.78 is 19.4. The average Bonchev–Trinajstić information content (AvgIpc) is 3.07. The van der Waals surface area contributed by atoms with Crippen LogP contribution in [0.3, 0.4) is 0 Å². The number of benzene rings is 1. The molecule has 0 aliphatic carbocycles. The van der Waals surface area contributed by atoms with Gasteiger partial charge in [0.15, 0.2) is 0 Å². The predicted molar refractivity (Wildman–Crippen MR) is 98.0 cm³/mol. The predicted octanol–water partition coefficient (Wildman–Crippen LogP) is 3.86. The van der Waals surface area contributed by atoms with Crippen molar-refractivity contribution in [3.8, 4) is 28.7 Å². The number of aromatic nitrogens is 3. The molecule has 27 heavy (non-hydrogen) atoms. The van der Waals surface area contributed by atoms with Crippen molar-refractivity contribution in [1.29, 1.82) is 5.26 Å². The Kier molecular flexibility index (Phi) is 4.37. The highest BCUT2D eigenvalue weighted by molar-refractivity contribution is 5.87. The average molecular weight is 357 g/mol. The van der Waals surface area contributed by atoms with Crippen molar-refractivity contribution in [2.45, 2.75) is 0 Å². The Morgan fingerprint density at radius 1 is 1.11 bits per heavy atom. The van der Waals surface area contributed by atoms with Crippen LogP contribution < -0.4 is 0 Å². The standard InChI is InChI=1S/C20H12FN5O/c21-18-7-16(14-2-1-5-23-11-14)6-17(8-18)20-25-19(26-27-20)15-4-3-13(9-22)10-24-12-15/h1-8,10-11H,12H2. The van der Waals surface area contributed by atoms with E-state index in [0.29, 0.717) is 34.6 Å². The molecule has 130 valence electrons. The molecule has 0 spiro atoms. The van der Waals surface area contributed by atoms with Gasteiger partial charge in [0.25, 0.3) is 5.89 Å². The van der Waals surface area contributed by atoms with Crippen LogP contribution in [-0.2, 0) is 0 Å². The molecule has 1 aliphatic heterocycles. The fourth-order valence-corrected chi connectivity index (χ4v) is 2.62. The van der Waals surface area contributed by atoms with Crippen LogP contribution >= 0.6 is 0 Å².